The van der Waals surface area contributed by atoms with Gasteiger partial charge in [0, 0.05) is 19.6 Å². The van der Waals surface area contributed by atoms with Crippen molar-refractivity contribution in [3.8, 4) is 0 Å². The lowest BCUT2D eigenvalue weighted by Crippen LogP contribution is -2.57. The van der Waals surface area contributed by atoms with Crippen LogP contribution >= 0.6 is 0 Å². The summed E-state index contributed by atoms with van der Waals surface area (Å²) < 4.78 is 23.1. The first kappa shape index (κ1) is 15.2. The third-order valence-electron chi connectivity index (χ3n) is 3.04. The molecule has 1 saturated heterocycles. The van der Waals surface area contributed by atoms with Crippen molar-refractivity contribution in [2.24, 2.45) is 4.99 Å². The molecule has 2 N–H and O–H groups in total. The number of nitrogens with one attached hydrogen (secondary N) is 1. The lowest BCUT2D eigenvalue weighted by atomic mass is 10.2. The van der Waals surface area contributed by atoms with E-state index in [-0.39, 0.29) is 12.4 Å². The highest BCUT2D eigenvalue weighted by atomic mass is 32.2. The fourth-order valence-electron chi connectivity index (χ4n) is 1.91. The van der Waals surface area contributed by atoms with Crippen LogP contribution in [0.5, 0.6) is 0 Å². The molecule has 0 aromatic rings. The highest BCUT2D eigenvalue weighted by Gasteiger charge is 2.40. The van der Waals surface area contributed by atoms with Gasteiger partial charge in [-0.05, 0) is 20.8 Å². The number of sulfone groups is 1. The molecule has 0 radical (unpaired) electrons. The Hall–Kier alpha value is -0.820. The Labute approximate surface area is 109 Å². The van der Waals surface area contributed by atoms with Crippen molar-refractivity contribution in [1.82, 2.24) is 10.2 Å². The van der Waals surface area contributed by atoms with Gasteiger partial charge in [0.1, 0.15) is 0 Å². The summed E-state index contributed by atoms with van der Waals surface area (Å²) in [6.07, 6.45) is 0. The zero-order valence-electron chi connectivity index (χ0n) is 11.3. The van der Waals surface area contributed by atoms with Crippen LogP contribution in [0.3, 0.4) is 0 Å². The molecule has 0 aliphatic carbocycles. The number of hydrogen-bond acceptors (Lipinski definition) is 4. The molecule has 1 aliphatic rings. The molecule has 1 heterocycles. The smallest absolute Gasteiger partial charge is 0.194 e. The number of aliphatic hydroxyl groups is 1. The molecule has 6 nitrogen and oxygen atoms in total. The highest BCUT2D eigenvalue weighted by molar-refractivity contribution is 7.92. The predicted molar refractivity (Wildman–Crippen MR) is 72.5 cm³/mol. The number of rotatable bonds is 3. The Kier molecular flexibility index (Phi) is 4.98. The SMILES string of the molecule is CCNC(=NCCO)N1CCS(=O)(=O)C(C)(C)C1. The van der Waals surface area contributed by atoms with Crippen molar-refractivity contribution in [3.05, 3.63) is 0 Å². The minimum atomic E-state index is -3.04. The molecule has 0 amide bonds. The molecular formula is C11H23N3O3S. The zero-order chi connectivity index (χ0) is 13.8. The molecule has 0 bridgehead atoms. The van der Waals surface area contributed by atoms with Crippen LogP contribution in [0.25, 0.3) is 0 Å². The maximum atomic E-state index is 11.9. The van der Waals surface area contributed by atoms with Crippen molar-refractivity contribution in [3.63, 3.8) is 0 Å². The molecule has 106 valence electrons. The molecule has 18 heavy (non-hydrogen) atoms. The normalized spacial score (nSPS) is 22.9. The summed E-state index contributed by atoms with van der Waals surface area (Å²) in [4.78, 5) is 6.20. The minimum Gasteiger partial charge on any atom is -0.394 e. The Morgan fingerprint density at radius 3 is 2.67 bits per heavy atom. The highest BCUT2D eigenvalue weighted by Crippen LogP contribution is 2.23. The molecule has 0 aromatic heterocycles. The number of hydrogen-bond donors (Lipinski definition) is 2. The predicted octanol–water partition coefficient (Wildman–Crippen LogP) is -0.547. The Morgan fingerprint density at radius 2 is 2.17 bits per heavy atom. The van der Waals surface area contributed by atoms with Gasteiger partial charge >= 0.3 is 0 Å². The summed E-state index contributed by atoms with van der Waals surface area (Å²) in [5.74, 6) is 0.818. The molecule has 1 rings (SSSR count). The van der Waals surface area contributed by atoms with E-state index in [1.165, 1.54) is 0 Å². The average Bonchev–Trinajstić information content (AvgIpc) is 2.28. The van der Waals surface area contributed by atoms with E-state index in [1.807, 2.05) is 11.8 Å². The summed E-state index contributed by atoms with van der Waals surface area (Å²) in [5.41, 5.74) is 0. The van der Waals surface area contributed by atoms with Crippen LogP contribution in [0.1, 0.15) is 20.8 Å². The van der Waals surface area contributed by atoms with Gasteiger partial charge < -0.3 is 15.3 Å². The number of aliphatic hydroxyl groups excluding tert-OH is 1. The molecule has 1 aliphatic heterocycles. The first-order chi connectivity index (χ1) is 8.34. The zero-order valence-corrected chi connectivity index (χ0v) is 12.1. The quantitative estimate of drug-likeness (QED) is 0.534. The maximum absolute atomic E-state index is 11.9. The van der Waals surface area contributed by atoms with Gasteiger partial charge in [-0.1, -0.05) is 0 Å². The topological polar surface area (TPSA) is 82.0 Å². The van der Waals surface area contributed by atoms with Crippen molar-refractivity contribution in [2.45, 2.75) is 25.5 Å². The molecule has 0 aromatic carbocycles. The van der Waals surface area contributed by atoms with E-state index in [2.05, 4.69) is 10.3 Å². The van der Waals surface area contributed by atoms with Crippen LogP contribution in [-0.2, 0) is 9.84 Å². The van der Waals surface area contributed by atoms with Crippen LogP contribution in [0.15, 0.2) is 4.99 Å². The molecule has 0 spiro atoms. The van der Waals surface area contributed by atoms with Gasteiger partial charge in [0.05, 0.1) is 23.7 Å². The second-order valence-corrected chi connectivity index (χ2v) is 7.70. The van der Waals surface area contributed by atoms with Crippen LogP contribution < -0.4 is 5.32 Å². The van der Waals surface area contributed by atoms with Gasteiger partial charge in [-0.25, -0.2) is 8.42 Å². The second kappa shape index (κ2) is 5.88. The van der Waals surface area contributed by atoms with Crippen LogP contribution in [0.2, 0.25) is 0 Å². The number of guanidine groups is 1. The van der Waals surface area contributed by atoms with E-state index in [4.69, 9.17) is 5.11 Å². The average molecular weight is 277 g/mol. The summed E-state index contributed by atoms with van der Waals surface area (Å²) in [7, 11) is -3.04. The number of nitrogens with zero attached hydrogens (tertiary/aromatic N) is 2. The van der Waals surface area contributed by atoms with Gasteiger partial charge in [0.15, 0.2) is 15.8 Å². The van der Waals surface area contributed by atoms with E-state index < -0.39 is 14.6 Å². The van der Waals surface area contributed by atoms with E-state index in [1.54, 1.807) is 13.8 Å². The Morgan fingerprint density at radius 1 is 1.50 bits per heavy atom. The van der Waals surface area contributed by atoms with Gasteiger partial charge in [-0.15, -0.1) is 0 Å². The van der Waals surface area contributed by atoms with E-state index in [0.29, 0.717) is 32.1 Å². The summed E-state index contributed by atoms with van der Waals surface area (Å²) >= 11 is 0. The molecular weight excluding hydrogens is 254 g/mol. The van der Waals surface area contributed by atoms with Crippen LogP contribution in [0, 0.1) is 0 Å². The van der Waals surface area contributed by atoms with Crippen LogP contribution in [0.4, 0.5) is 0 Å². The monoisotopic (exact) mass is 277 g/mol. The van der Waals surface area contributed by atoms with Crippen molar-refractivity contribution >= 4 is 15.8 Å². The molecule has 0 unspecified atom stereocenters. The van der Waals surface area contributed by atoms with Gasteiger partial charge in [0.25, 0.3) is 0 Å². The number of aliphatic imine (C=N–C) groups is 1. The van der Waals surface area contributed by atoms with Crippen LogP contribution in [-0.4, -0.2) is 67.7 Å². The summed E-state index contributed by atoms with van der Waals surface area (Å²) in [6.45, 7) is 7.34. The molecule has 0 saturated carbocycles. The van der Waals surface area contributed by atoms with Crippen molar-refractivity contribution in [2.75, 3.05) is 38.5 Å². The first-order valence-corrected chi connectivity index (χ1v) is 7.85. The standard InChI is InChI=1S/C11H23N3O3S/c1-4-12-10(13-5-7-15)14-6-8-18(16,17)11(2,3)9-14/h15H,4-9H2,1-3H3,(H,12,13). The molecule has 0 atom stereocenters. The minimum absolute atomic E-state index is 0.00950. The van der Waals surface area contributed by atoms with E-state index in [9.17, 15) is 8.42 Å². The van der Waals surface area contributed by atoms with E-state index >= 15 is 0 Å². The summed E-state index contributed by atoms with van der Waals surface area (Å²) in [6, 6.07) is 0. The largest absolute Gasteiger partial charge is 0.394 e. The maximum Gasteiger partial charge on any atom is 0.194 e. The Balaban J connectivity index is 2.84. The fourth-order valence-corrected chi connectivity index (χ4v) is 3.27. The Bertz CT molecular complexity index is 404. The lowest BCUT2D eigenvalue weighted by Gasteiger charge is -2.39. The first-order valence-electron chi connectivity index (χ1n) is 6.20. The molecule has 1 fully saturated rings. The third kappa shape index (κ3) is 3.35. The molecule has 7 heteroatoms. The lowest BCUT2D eigenvalue weighted by molar-refractivity contribution is 0.303. The third-order valence-corrected chi connectivity index (χ3v) is 5.57. The van der Waals surface area contributed by atoms with E-state index in [0.717, 1.165) is 0 Å². The van der Waals surface area contributed by atoms with Crippen molar-refractivity contribution in [1.29, 1.82) is 0 Å². The van der Waals surface area contributed by atoms with Gasteiger partial charge in [-0.2, -0.15) is 0 Å². The van der Waals surface area contributed by atoms with Crippen molar-refractivity contribution < 1.29 is 13.5 Å². The van der Waals surface area contributed by atoms with Gasteiger partial charge in [0.2, 0.25) is 0 Å². The second-order valence-electron chi connectivity index (χ2n) is 4.96. The fraction of sp³-hybridized carbons (Fsp3) is 0.909. The van der Waals surface area contributed by atoms with Gasteiger partial charge in [-0.3, -0.25) is 4.99 Å². The summed E-state index contributed by atoms with van der Waals surface area (Å²) in [5, 5.41) is 11.9.